The van der Waals surface area contributed by atoms with Gasteiger partial charge in [0, 0.05) is 39.5 Å². The Morgan fingerprint density at radius 1 is 1.28 bits per heavy atom. The zero-order chi connectivity index (χ0) is 20.6. The van der Waals surface area contributed by atoms with Crippen molar-refractivity contribution < 1.29 is 4.74 Å². The first-order valence-electron chi connectivity index (χ1n) is 10.6. The van der Waals surface area contributed by atoms with Crippen molar-refractivity contribution >= 4 is 35.8 Å². The van der Waals surface area contributed by atoms with Gasteiger partial charge < -0.3 is 20.3 Å². The second-order valence-electron chi connectivity index (χ2n) is 8.86. The van der Waals surface area contributed by atoms with Gasteiger partial charge in [0.1, 0.15) is 5.82 Å². The second kappa shape index (κ2) is 12.6. The maximum atomic E-state index is 5.62. The smallest absolute Gasteiger partial charge is 0.191 e. The summed E-state index contributed by atoms with van der Waals surface area (Å²) in [5, 5.41) is 6.71. The lowest BCUT2D eigenvalue weighted by molar-refractivity contribution is 0.0205. The van der Waals surface area contributed by atoms with E-state index in [9.17, 15) is 0 Å². The van der Waals surface area contributed by atoms with Crippen LogP contribution in [-0.4, -0.2) is 50.3 Å². The molecule has 0 spiro atoms. The molecule has 1 aliphatic rings. The molecular weight excluding hydrogens is 477 g/mol. The second-order valence-corrected chi connectivity index (χ2v) is 8.86. The predicted molar refractivity (Wildman–Crippen MR) is 133 cm³/mol. The number of aliphatic imine (C=N–C) groups is 1. The minimum absolute atomic E-state index is 0. The van der Waals surface area contributed by atoms with Gasteiger partial charge in [-0.2, -0.15) is 0 Å². The van der Waals surface area contributed by atoms with E-state index >= 15 is 0 Å². The minimum atomic E-state index is 0. The number of nitrogens with zero attached hydrogens (tertiary/aromatic N) is 3. The quantitative estimate of drug-likeness (QED) is 0.325. The molecule has 2 heterocycles. The Labute approximate surface area is 194 Å². The van der Waals surface area contributed by atoms with Crippen LogP contribution in [0.3, 0.4) is 0 Å². The topological polar surface area (TPSA) is 61.8 Å². The van der Waals surface area contributed by atoms with Crippen molar-refractivity contribution in [2.45, 2.75) is 60.1 Å². The molecule has 1 aromatic rings. The number of pyridine rings is 1. The zero-order valence-corrected chi connectivity index (χ0v) is 21.3. The summed E-state index contributed by atoms with van der Waals surface area (Å²) in [6.45, 7) is 15.3. The lowest BCUT2D eigenvalue weighted by Gasteiger charge is -2.31. The number of halogens is 1. The lowest BCUT2D eigenvalue weighted by Crippen LogP contribution is -2.45. The largest absolute Gasteiger partial charge is 0.379 e. The number of nitrogens with one attached hydrogen (secondary N) is 2. The van der Waals surface area contributed by atoms with Crippen molar-refractivity contribution in [1.29, 1.82) is 0 Å². The van der Waals surface area contributed by atoms with Gasteiger partial charge in [-0.15, -0.1) is 24.0 Å². The van der Waals surface area contributed by atoms with Gasteiger partial charge in [0.25, 0.3) is 0 Å². The fraction of sp³-hybridized carbons (Fsp3) is 0.727. The first kappa shape index (κ1) is 25.9. The van der Waals surface area contributed by atoms with E-state index in [1.165, 1.54) is 12.8 Å². The molecule has 166 valence electrons. The van der Waals surface area contributed by atoms with Crippen LogP contribution in [0.15, 0.2) is 23.3 Å². The van der Waals surface area contributed by atoms with E-state index < -0.39 is 0 Å². The zero-order valence-electron chi connectivity index (χ0n) is 19.0. The van der Waals surface area contributed by atoms with Crippen LogP contribution in [0.2, 0.25) is 0 Å². The average Bonchev–Trinajstić information content (AvgIpc) is 2.66. The summed E-state index contributed by atoms with van der Waals surface area (Å²) in [6, 6.07) is 4.27. The van der Waals surface area contributed by atoms with Crippen molar-refractivity contribution in [3.63, 3.8) is 0 Å². The van der Waals surface area contributed by atoms with E-state index in [0.29, 0.717) is 6.54 Å². The Balaban J connectivity index is 0.00000420. The van der Waals surface area contributed by atoms with Crippen molar-refractivity contribution in [2.75, 3.05) is 38.2 Å². The fourth-order valence-electron chi connectivity index (χ4n) is 3.38. The number of anilines is 1. The van der Waals surface area contributed by atoms with Gasteiger partial charge in [0.05, 0.1) is 12.6 Å². The third kappa shape index (κ3) is 8.66. The van der Waals surface area contributed by atoms with Crippen LogP contribution in [0.1, 0.15) is 53.0 Å². The van der Waals surface area contributed by atoms with Gasteiger partial charge in [-0.25, -0.2) is 9.98 Å². The standard InChI is InChI=1S/C22H39N5O.HI/c1-7-23-21(26-16-19(28-6)22(3,4)5)25-15-18-8-9-20(24-14-18)27-12-10-17(2)11-13-27;/h8-9,14,17,19H,7,10-13,15-16H2,1-6H3,(H2,23,25,26);1H. The summed E-state index contributed by atoms with van der Waals surface area (Å²) in [6.07, 6.45) is 4.57. The predicted octanol–water partition coefficient (Wildman–Crippen LogP) is 4.05. The van der Waals surface area contributed by atoms with E-state index in [2.05, 4.69) is 67.3 Å². The average molecular weight is 518 g/mol. The van der Waals surface area contributed by atoms with Gasteiger partial charge in [0.2, 0.25) is 0 Å². The Kier molecular flexibility index (Phi) is 11.2. The number of ether oxygens (including phenoxy) is 1. The number of rotatable bonds is 7. The van der Waals surface area contributed by atoms with E-state index in [1.807, 2.05) is 6.20 Å². The normalized spacial score (nSPS) is 16.9. The van der Waals surface area contributed by atoms with E-state index in [4.69, 9.17) is 9.73 Å². The highest BCUT2D eigenvalue weighted by molar-refractivity contribution is 14.0. The van der Waals surface area contributed by atoms with E-state index in [0.717, 1.165) is 49.4 Å². The maximum absolute atomic E-state index is 5.62. The SMILES string of the molecule is CCNC(=NCc1ccc(N2CCC(C)CC2)nc1)NCC(OC)C(C)(C)C.I. The lowest BCUT2D eigenvalue weighted by atomic mass is 9.89. The van der Waals surface area contributed by atoms with Crippen LogP contribution >= 0.6 is 24.0 Å². The van der Waals surface area contributed by atoms with Crippen LogP contribution < -0.4 is 15.5 Å². The molecule has 0 aromatic carbocycles. The molecular formula is C22H40IN5O. The Hall–Kier alpha value is -1.09. The molecule has 0 amide bonds. The minimum Gasteiger partial charge on any atom is -0.379 e. The summed E-state index contributed by atoms with van der Waals surface area (Å²) in [7, 11) is 1.76. The van der Waals surface area contributed by atoms with Gasteiger partial charge in [-0.3, -0.25) is 0 Å². The van der Waals surface area contributed by atoms with Crippen LogP contribution in [0.4, 0.5) is 5.82 Å². The van der Waals surface area contributed by atoms with E-state index in [1.54, 1.807) is 7.11 Å². The highest BCUT2D eigenvalue weighted by Gasteiger charge is 2.24. The molecule has 2 N–H and O–H groups in total. The van der Waals surface area contributed by atoms with Crippen LogP contribution in [0.5, 0.6) is 0 Å². The number of guanidine groups is 1. The molecule has 0 saturated carbocycles. The summed E-state index contributed by atoms with van der Waals surface area (Å²) in [5.41, 5.74) is 1.19. The van der Waals surface area contributed by atoms with Gasteiger partial charge >= 0.3 is 0 Å². The Bertz CT molecular complexity index is 607. The number of aromatic nitrogens is 1. The molecule has 0 bridgehead atoms. The molecule has 1 saturated heterocycles. The molecule has 1 aliphatic heterocycles. The van der Waals surface area contributed by atoms with Gasteiger partial charge in [0.15, 0.2) is 5.96 Å². The summed E-state index contributed by atoms with van der Waals surface area (Å²) < 4.78 is 5.62. The number of piperidine rings is 1. The maximum Gasteiger partial charge on any atom is 0.191 e. The Morgan fingerprint density at radius 3 is 2.48 bits per heavy atom. The van der Waals surface area contributed by atoms with Crippen molar-refractivity contribution in [3.8, 4) is 0 Å². The molecule has 2 rings (SSSR count). The fourth-order valence-corrected chi connectivity index (χ4v) is 3.38. The molecule has 0 radical (unpaired) electrons. The third-order valence-corrected chi connectivity index (χ3v) is 5.39. The van der Waals surface area contributed by atoms with Crippen LogP contribution in [0.25, 0.3) is 0 Å². The monoisotopic (exact) mass is 517 g/mol. The molecule has 6 nitrogen and oxygen atoms in total. The van der Waals surface area contributed by atoms with E-state index in [-0.39, 0.29) is 35.5 Å². The number of hydrogen-bond donors (Lipinski definition) is 2. The van der Waals surface area contributed by atoms with Crippen LogP contribution in [0, 0.1) is 11.3 Å². The molecule has 1 unspecified atom stereocenters. The first-order valence-corrected chi connectivity index (χ1v) is 10.6. The molecule has 0 aliphatic carbocycles. The highest BCUT2D eigenvalue weighted by Crippen LogP contribution is 2.22. The number of hydrogen-bond acceptors (Lipinski definition) is 4. The molecule has 1 fully saturated rings. The molecule has 1 atom stereocenters. The van der Waals surface area contributed by atoms with Gasteiger partial charge in [-0.1, -0.05) is 33.8 Å². The molecule has 7 heteroatoms. The van der Waals surface area contributed by atoms with Crippen LogP contribution in [-0.2, 0) is 11.3 Å². The Morgan fingerprint density at radius 2 is 1.97 bits per heavy atom. The molecule has 1 aromatic heterocycles. The summed E-state index contributed by atoms with van der Waals surface area (Å²) >= 11 is 0. The van der Waals surface area contributed by atoms with Crippen molar-refractivity contribution in [2.24, 2.45) is 16.3 Å². The van der Waals surface area contributed by atoms with Crippen molar-refractivity contribution in [1.82, 2.24) is 15.6 Å². The molecule has 29 heavy (non-hydrogen) atoms. The summed E-state index contributed by atoms with van der Waals surface area (Å²) in [5.74, 6) is 2.72. The van der Waals surface area contributed by atoms with Gasteiger partial charge in [-0.05, 0) is 42.7 Å². The highest BCUT2D eigenvalue weighted by atomic mass is 127. The third-order valence-electron chi connectivity index (χ3n) is 5.39. The first-order chi connectivity index (χ1) is 13.3. The summed E-state index contributed by atoms with van der Waals surface area (Å²) in [4.78, 5) is 11.8. The number of methoxy groups -OCH3 is 1. The van der Waals surface area contributed by atoms with Crippen molar-refractivity contribution in [3.05, 3.63) is 23.9 Å².